The molecule has 0 spiro atoms. The van der Waals surface area contributed by atoms with Gasteiger partial charge in [0.05, 0.1) is 11.3 Å². The average molecular weight is 352 g/mol. The Balaban J connectivity index is 1.82. The van der Waals surface area contributed by atoms with Gasteiger partial charge in [0.2, 0.25) is 0 Å². The van der Waals surface area contributed by atoms with Gasteiger partial charge in [0, 0.05) is 18.2 Å². The number of anilines is 1. The fourth-order valence-electron chi connectivity index (χ4n) is 3.07. The summed E-state index contributed by atoms with van der Waals surface area (Å²) >= 11 is 0. The van der Waals surface area contributed by atoms with Gasteiger partial charge in [-0.05, 0) is 56.8 Å². The largest absolute Gasteiger partial charge is 0.507 e. The molecular formula is C17H19F3N4O. The van der Waals surface area contributed by atoms with Crippen LogP contribution in [-0.2, 0) is 6.18 Å². The Hall–Kier alpha value is -2.35. The van der Waals surface area contributed by atoms with E-state index in [-0.39, 0.29) is 5.56 Å². The quantitative estimate of drug-likeness (QED) is 0.888. The number of hydrogen-bond donors (Lipinski definition) is 2. The van der Waals surface area contributed by atoms with Gasteiger partial charge in [-0.1, -0.05) is 0 Å². The second kappa shape index (κ2) is 6.51. The molecule has 5 nitrogen and oxygen atoms in total. The number of halogens is 3. The van der Waals surface area contributed by atoms with E-state index in [9.17, 15) is 18.3 Å². The van der Waals surface area contributed by atoms with Gasteiger partial charge in [0.25, 0.3) is 0 Å². The predicted molar refractivity (Wildman–Crippen MR) is 88.4 cm³/mol. The topological polar surface area (TPSA) is 61.3 Å². The molecule has 25 heavy (non-hydrogen) atoms. The normalized spacial score (nSPS) is 18.5. The van der Waals surface area contributed by atoms with E-state index >= 15 is 0 Å². The van der Waals surface area contributed by atoms with Crippen LogP contribution in [-0.4, -0.2) is 46.4 Å². The first-order chi connectivity index (χ1) is 11.7. The average Bonchev–Trinajstić information content (AvgIpc) is 2.92. The summed E-state index contributed by atoms with van der Waals surface area (Å²) in [5, 5.41) is 21.5. The number of alkyl halides is 3. The molecule has 1 fully saturated rings. The number of hydrogen-bond acceptors (Lipinski definition) is 5. The van der Waals surface area contributed by atoms with Crippen molar-refractivity contribution in [1.82, 2.24) is 15.1 Å². The number of aryl methyl sites for hydroxylation is 1. The van der Waals surface area contributed by atoms with Crippen LogP contribution in [0.2, 0.25) is 0 Å². The van der Waals surface area contributed by atoms with E-state index in [1.807, 2.05) is 7.05 Å². The van der Waals surface area contributed by atoms with Gasteiger partial charge in [-0.15, -0.1) is 10.2 Å². The fourth-order valence-corrected chi connectivity index (χ4v) is 3.07. The van der Waals surface area contributed by atoms with Crippen molar-refractivity contribution >= 4 is 5.82 Å². The van der Waals surface area contributed by atoms with Crippen LogP contribution in [0.3, 0.4) is 0 Å². The molecule has 0 saturated carbocycles. The highest BCUT2D eigenvalue weighted by atomic mass is 19.4. The highest BCUT2D eigenvalue weighted by Gasteiger charge is 2.32. The van der Waals surface area contributed by atoms with Gasteiger partial charge in [0.1, 0.15) is 11.6 Å². The van der Waals surface area contributed by atoms with Crippen molar-refractivity contribution in [3.8, 4) is 17.0 Å². The van der Waals surface area contributed by atoms with Gasteiger partial charge >= 0.3 is 6.18 Å². The lowest BCUT2D eigenvalue weighted by Gasteiger charge is -2.14. The Morgan fingerprint density at radius 2 is 2.00 bits per heavy atom. The number of likely N-dealkylation sites (tertiary alicyclic amines) is 1. The molecule has 134 valence electrons. The molecule has 1 aliphatic heterocycles. The molecule has 0 amide bonds. The SMILES string of the molecule is Cc1cc(C(F)(F)F)cc(O)c1-c1ccc(N[C@@H]2CCN(C)C2)nn1. The van der Waals surface area contributed by atoms with Gasteiger partial charge in [-0.3, -0.25) is 0 Å². The zero-order chi connectivity index (χ0) is 18.2. The molecule has 2 heterocycles. The van der Waals surface area contributed by atoms with Crippen molar-refractivity contribution in [2.24, 2.45) is 0 Å². The lowest BCUT2D eigenvalue weighted by molar-refractivity contribution is -0.137. The number of aromatic nitrogens is 2. The Labute approximate surface area is 143 Å². The Morgan fingerprint density at radius 3 is 2.52 bits per heavy atom. The molecule has 3 rings (SSSR count). The summed E-state index contributed by atoms with van der Waals surface area (Å²) in [6, 6.07) is 5.37. The first kappa shape index (κ1) is 17.5. The number of likely N-dealkylation sites (N-methyl/N-ethyl adjacent to an activating group) is 1. The molecule has 8 heteroatoms. The van der Waals surface area contributed by atoms with Crippen LogP contribution in [0.4, 0.5) is 19.0 Å². The summed E-state index contributed by atoms with van der Waals surface area (Å²) in [4.78, 5) is 2.21. The number of rotatable bonds is 3. The van der Waals surface area contributed by atoms with Gasteiger partial charge in [0.15, 0.2) is 0 Å². The van der Waals surface area contributed by atoms with E-state index in [1.165, 1.54) is 6.92 Å². The molecule has 0 unspecified atom stereocenters. The minimum atomic E-state index is -4.51. The van der Waals surface area contributed by atoms with E-state index in [1.54, 1.807) is 12.1 Å². The molecule has 1 saturated heterocycles. The molecule has 1 aliphatic rings. The second-order valence-corrected chi connectivity index (χ2v) is 6.38. The van der Waals surface area contributed by atoms with Crippen molar-refractivity contribution in [3.05, 3.63) is 35.4 Å². The van der Waals surface area contributed by atoms with E-state index in [0.29, 0.717) is 29.2 Å². The molecule has 1 aromatic carbocycles. The van der Waals surface area contributed by atoms with Crippen LogP contribution in [0, 0.1) is 6.92 Å². The van der Waals surface area contributed by atoms with Crippen molar-refractivity contribution in [2.45, 2.75) is 25.6 Å². The summed E-state index contributed by atoms with van der Waals surface area (Å²) in [5.74, 6) is 0.146. The zero-order valence-electron chi connectivity index (χ0n) is 13.9. The first-order valence-electron chi connectivity index (χ1n) is 7.94. The third-order valence-corrected chi connectivity index (χ3v) is 4.31. The summed E-state index contributed by atoms with van der Waals surface area (Å²) in [7, 11) is 2.05. The summed E-state index contributed by atoms with van der Waals surface area (Å²) in [5.41, 5.74) is -0.00642. The molecule has 0 bridgehead atoms. The third kappa shape index (κ3) is 3.84. The number of phenols is 1. The van der Waals surface area contributed by atoms with Crippen LogP contribution in [0.5, 0.6) is 5.75 Å². The maximum atomic E-state index is 12.8. The molecule has 2 aromatic rings. The van der Waals surface area contributed by atoms with E-state index in [0.717, 1.165) is 25.6 Å². The van der Waals surface area contributed by atoms with Crippen molar-refractivity contribution in [3.63, 3.8) is 0 Å². The zero-order valence-corrected chi connectivity index (χ0v) is 13.9. The predicted octanol–water partition coefficient (Wildman–Crippen LogP) is 3.29. The van der Waals surface area contributed by atoms with Gasteiger partial charge in [-0.2, -0.15) is 13.2 Å². The van der Waals surface area contributed by atoms with E-state index in [2.05, 4.69) is 20.4 Å². The standard InChI is InChI=1S/C17H19F3N4O/c1-10-7-11(17(18,19)20)8-14(25)16(10)13-3-4-15(23-22-13)21-12-5-6-24(2)9-12/h3-4,7-8,12,25H,5-6,9H2,1-2H3,(H,21,23)/t12-/m1/s1. The van der Waals surface area contributed by atoms with E-state index in [4.69, 9.17) is 0 Å². The van der Waals surface area contributed by atoms with Crippen molar-refractivity contribution in [2.75, 3.05) is 25.5 Å². The molecule has 0 aliphatic carbocycles. The molecule has 1 aromatic heterocycles. The third-order valence-electron chi connectivity index (χ3n) is 4.31. The molecule has 1 atom stereocenters. The number of aromatic hydroxyl groups is 1. The highest BCUT2D eigenvalue weighted by Crippen LogP contribution is 2.38. The Bertz CT molecular complexity index is 738. The second-order valence-electron chi connectivity index (χ2n) is 6.38. The minimum absolute atomic E-state index is 0.257. The Morgan fingerprint density at radius 1 is 1.24 bits per heavy atom. The highest BCUT2D eigenvalue weighted by molar-refractivity contribution is 5.71. The van der Waals surface area contributed by atoms with Crippen LogP contribution in [0.1, 0.15) is 17.5 Å². The van der Waals surface area contributed by atoms with Gasteiger partial charge < -0.3 is 15.3 Å². The fraction of sp³-hybridized carbons (Fsp3) is 0.412. The molecule has 2 N–H and O–H groups in total. The van der Waals surface area contributed by atoms with E-state index < -0.39 is 17.5 Å². The summed E-state index contributed by atoms with van der Waals surface area (Å²) < 4.78 is 38.4. The summed E-state index contributed by atoms with van der Waals surface area (Å²) in [6.07, 6.45) is -3.49. The monoisotopic (exact) mass is 352 g/mol. The number of benzene rings is 1. The van der Waals surface area contributed by atoms with Crippen LogP contribution >= 0.6 is 0 Å². The van der Waals surface area contributed by atoms with Crippen LogP contribution in [0.25, 0.3) is 11.3 Å². The molecular weight excluding hydrogens is 333 g/mol. The Kier molecular flexibility index (Phi) is 4.55. The van der Waals surface area contributed by atoms with Gasteiger partial charge in [-0.25, -0.2) is 0 Å². The summed E-state index contributed by atoms with van der Waals surface area (Å²) in [6.45, 7) is 3.44. The van der Waals surface area contributed by atoms with Crippen LogP contribution in [0.15, 0.2) is 24.3 Å². The maximum absolute atomic E-state index is 12.8. The number of phenolic OH excluding ortho intramolecular Hbond substituents is 1. The van der Waals surface area contributed by atoms with Crippen LogP contribution < -0.4 is 5.32 Å². The van der Waals surface area contributed by atoms with Crippen molar-refractivity contribution in [1.29, 1.82) is 0 Å². The lowest BCUT2D eigenvalue weighted by Crippen LogP contribution is -2.24. The smallest absolute Gasteiger partial charge is 0.416 e. The lowest BCUT2D eigenvalue weighted by atomic mass is 10.0. The number of nitrogens with zero attached hydrogens (tertiary/aromatic N) is 3. The minimum Gasteiger partial charge on any atom is -0.507 e. The number of nitrogens with one attached hydrogen (secondary N) is 1. The first-order valence-corrected chi connectivity index (χ1v) is 7.94. The maximum Gasteiger partial charge on any atom is 0.416 e. The molecule has 0 radical (unpaired) electrons. The van der Waals surface area contributed by atoms with Crippen molar-refractivity contribution < 1.29 is 18.3 Å².